The van der Waals surface area contributed by atoms with Crippen LogP contribution in [0, 0.1) is 17.8 Å². The van der Waals surface area contributed by atoms with Gasteiger partial charge in [-0.05, 0) is 49.1 Å². The second-order valence-corrected chi connectivity index (χ2v) is 5.29. The van der Waals surface area contributed by atoms with Crippen molar-refractivity contribution >= 4 is 11.5 Å². The van der Waals surface area contributed by atoms with Crippen molar-refractivity contribution in [1.82, 2.24) is 4.98 Å². The molecule has 0 amide bonds. The highest BCUT2D eigenvalue weighted by atomic mass is 15.0. The molecule has 2 saturated carbocycles. The van der Waals surface area contributed by atoms with Crippen molar-refractivity contribution in [3.63, 3.8) is 0 Å². The summed E-state index contributed by atoms with van der Waals surface area (Å²) in [6, 6.07) is 3.86. The topological polar surface area (TPSA) is 50.9 Å². The van der Waals surface area contributed by atoms with E-state index in [2.05, 4.69) is 10.3 Å². The summed E-state index contributed by atoms with van der Waals surface area (Å²) < 4.78 is 0. The quantitative estimate of drug-likeness (QED) is 0.818. The summed E-state index contributed by atoms with van der Waals surface area (Å²) in [5, 5.41) is 3.43. The number of pyridine rings is 1. The third-order valence-corrected chi connectivity index (χ3v) is 4.22. The fourth-order valence-corrected chi connectivity index (χ4v) is 3.37. The third kappa shape index (κ3) is 1.86. The van der Waals surface area contributed by atoms with Gasteiger partial charge in [-0.25, -0.2) is 4.98 Å². The number of hydrogen-bond donors (Lipinski definition) is 2. The fraction of sp³-hybridized carbons (Fsp3) is 0.615. The lowest BCUT2D eigenvalue weighted by Crippen LogP contribution is -2.20. The van der Waals surface area contributed by atoms with Crippen LogP contribution in [0.4, 0.5) is 11.5 Å². The zero-order valence-corrected chi connectivity index (χ0v) is 9.52. The lowest BCUT2D eigenvalue weighted by atomic mass is 9.89. The average Bonchev–Trinajstić information content (AvgIpc) is 2.90. The molecule has 2 bridgehead atoms. The minimum absolute atomic E-state index is 0.727. The Morgan fingerprint density at radius 1 is 1.31 bits per heavy atom. The minimum Gasteiger partial charge on any atom is -0.397 e. The molecule has 2 fully saturated rings. The Hall–Kier alpha value is -1.25. The van der Waals surface area contributed by atoms with Gasteiger partial charge in [-0.3, -0.25) is 0 Å². The molecule has 1 heterocycles. The van der Waals surface area contributed by atoms with Crippen LogP contribution in [-0.2, 0) is 0 Å². The summed E-state index contributed by atoms with van der Waals surface area (Å²) in [5.74, 6) is 3.83. The number of fused-ring (bicyclic) bond motifs is 2. The molecular weight excluding hydrogens is 198 g/mol. The van der Waals surface area contributed by atoms with Crippen molar-refractivity contribution in [2.45, 2.75) is 25.7 Å². The Morgan fingerprint density at radius 3 is 2.88 bits per heavy atom. The lowest BCUT2D eigenvalue weighted by Gasteiger charge is -2.22. The van der Waals surface area contributed by atoms with E-state index < -0.39 is 0 Å². The molecule has 3 heteroatoms. The van der Waals surface area contributed by atoms with Crippen LogP contribution in [0.3, 0.4) is 0 Å². The van der Waals surface area contributed by atoms with E-state index in [1.54, 1.807) is 6.20 Å². The monoisotopic (exact) mass is 217 g/mol. The molecule has 3 unspecified atom stereocenters. The van der Waals surface area contributed by atoms with Crippen LogP contribution in [0.5, 0.6) is 0 Å². The smallest absolute Gasteiger partial charge is 0.126 e. The highest BCUT2D eigenvalue weighted by Gasteiger charge is 2.38. The molecule has 86 valence electrons. The number of rotatable bonds is 3. The van der Waals surface area contributed by atoms with Gasteiger partial charge in [0.2, 0.25) is 0 Å². The SMILES string of the molecule is Nc1ccc(NCC2CC3CCC2C3)nc1. The average molecular weight is 217 g/mol. The molecule has 3 atom stereocenters. The molecule has 1 aromatic heterocycles. The van der Waals surface area contributed by atoms with Gasteiger partial charge < -0.3 is 11.1 Å². The van der Waals surface area contributed by atoms with Crippen LogP contribution in [0.25, 0.3) is 0 Å². The van der Waals surface area contributed by atoms with E-state index >= 15 is 0 Å². The molecular formula is C13H19N3. The van der Waals surface area contributed by atoms with Crippen molar-refractivity contribution in [1.29, 1.82) is 0 Å². The Labute approximate surface area is 96.4 Å². The maximum absolute atomic E-state index is 5.60. The number of hydrogen-bond acceptors (Lipinski definition) is 3. The van der Waals surface area contributed by atoms with E-state index in [0.717, 1.165) is 35.8 Å². The largest absolute Gasteiger partial charge is 0.397 e. The van der Waals surface area contributed by atoms with Gasteiger partial charge in [-0.2, -0.15) is 0 Å². The predicted octanol–water partition coefficient (Wildman–Crippen LogP) is 2.51. The van der Waals surface area contributed by atoms with Crippen molar-refractivity contribution < 1.29 is 0 Å². The molecule has 2 aliphatic carbocycles. The minimum atomic E-state index is 0.727. The maximum Gasteiger partial charge on any atom is 0.126 e. The van der Waals surface area contributed by atoms with Crippen molar-refractivity contribution in [3.05, 3.63) is 18.3 Å². The van der Waals surface area contributed by atoms with E-state index in [4.69, 9.17) is 5.73 Å². The van der Waals surface area contributed by atoms with Gasteiger partial charge in [-0.15, -0.1) is 0 Å². The van der Waals surface area contributed by atoms with E-state index in [1.807, 2.05) is 12.1 Å². The number of nitrogens with two attached hydrogens (primary N) is 1. The molecule has 0 saturated heterocycles. The summed E-state index contributed by atoms with van der Waals surface area (Å²) in [7, 11) is 0. The van der Waals surface area contributed by atoms with Crippen molar-refractivity contribution in [2.75, 3.05) is 17.6 Å². The van der Waals surface area contributed by atoms with Crippen LogP contribution in [0.2, 0.25) is 0 Å². The molecule has 2 aliphatic rings. The number of nitrogens with one attached hydrogen (secondary N) is 1. The van der Waals surface area contributed by atoms with Gasteiger partial charge in [0, 0.05) is 6.54 Å². The van der Waals surface area contributed by atoms with E-state index in [9.17, 15) is 0 Å². The summed E-state index contributed by atoms with van der Waals surface area (Å²) >= 11 is 0. The number of anilines is 2. The summed E-state index contributed by atoms with van der Waals surface area (Å²) in [4.78, 5) is 4.27. The highest BCUT2D eigenvalue weighted by Crippen LogP contribution is 2.48. The van der Waals surface area contributed by atoms with Gasteiger partial charge in [0.05, 0.1) is 11.9 Å². The van der Waals surface area contributed by atoms with Gasteiger partial charge in [0.1, 0.15) is 5.82 Å². The molecule has 0 radical (unpaired) electrons. The Kier molecular flexibility index (Phi) is 2.46. The number of nitrogens with zero attached hydrogens (tertiary/aromatic N) is 1. The summed E-state index contributed by atoms with van der Waals surface area (Å²) in [6.07, 6.45) is 7.53. The normalized spacial score (nSPS) is 31.9. The van der Waals surface area contributed by atoms with Gasteiger partial charge >= 0.3 is 0 Å². The molecule has 1 aromatic rings. The first-order valence-corrected chi connectivity index (χ1v) is 6.26. The third-order valence-electron chi connectivity index (χ3n) is 4.22. The first-order valence-electron chi connectivity index (χ1n) is 6.26. The maximum atomic E-state index is 5.60. The molecule has 16 heavy (non-hydrogen) atoms. The van der Waals surface area contributed by atoms with E-state index in [-0.39, 0.29) is 0 Å². The van der Waals surface area contributed by atoms with E-state index in [0.29, 0.717) is 0 Å². The predicted molar refractivity (Wildman–Crippen MR) is 66.1 cm³/mol. The first-order chi connectivity index (χ1) is 7.81. The molecule has 3 nitrogen and oxygen atoms in total. The molecule has 0 aromatic carbocycles. The van der Waals surface area contributed by atoms with Crippen LogP contribution in [-0.4, -0.2) is 11.5 Å². The second kappa shape index (κ2) is 3.96. The van der Waals surface area contributed by atoms with Crippen LogP contribution >= 0.6 is 0 Å². The zero-order valence-electron chi connectivity index (χ0n) is 9.52. The fourth-order valence-electron chi connectivity index (χ4n) is 3.37. The molecule has 3 rings (SSSR count). The van der Waals surface area contributed by atoms with Gasteiger partial charge in [0.25, 0.3) is 0 Å². The van der Waals surface area contributed by atoms with E-state index in [1.165, 1.54) is 25.7 Å². The number of aromatic nitrogens is 1. The Morgan fingerprint density at radius 2 is 2.25 bits per heavy atom. The van der Waals surface area contributed by atoms with Crippen molar-refractivity contribution in [2.24, 2.45) is 17.8 Å². The molecule has 0 aliphatic heterocycles. The first kappa shape index (κ1) is 9.94. The summed E-state index contributed by atoms with van der Waals surface area (Å²) in [5.41, 5.74) is 6.33. The number of nitrogen functional groups attached to an aromatic ring is 1. The van der Waals surface area contributed by atoms with Gasteiger partial charge in [0.15, 0.2) is 0 Å². The standard InChI is InChI=1S/C13H19N3/c14-12-3-4-13(16-8-12)15-7-11-6-9-1-2-10(11)5-9/h3-4,8-11H,1-2,5-7,14H2,(H,15,16). The molecule has 0 spiro atoms. The van der Waals surface area contributed by atoms with Crippen molar-refractivity contribution in [3.8, 4) is 0 Å². The summed E-state index contributed by atoms with van der Waals surface area (Å²) in [6.45, 7) is 1.08. The van der Waals surface area contributed by atoms with Gasteiger partial charge in [-0.1, -0.05) is 6.42 Å². The second-order valence-electron chi connectivity index (χ2n) is 5.29. The highest BCUT2D eigenvalue weighted by molar-refractivity contribution is 5.43. The van der Waals surface area contributed by atoms with Crippen LogP contribution in [0.1, 0.15) is 25.7 Å². The molecule has 3 N–H and O–H groups in total. The Bertz CT molecular complexity index is 360. The van der Waals surface area contributed by atoms with Crippen LogP contribution in [0.15, 0.2) is 18.3 Å². The Balaban J connectivity index is 1.55. The van der Waals surface area contributed by atoms with Crippen LogP contribution < -0.4 is 11.1 Å². The zero-order chi connectivity index (χ0) is 11.0. The lowest BCUT2D eigenvalue weighted by molar-refractivity contribution is 0.348.